The summed E-state index contributed by atoms with van der Waals surface area (Å²) in [6, 6.07) is 9.53. The summed E-state index contributed by atoms with van der Waals surface area (Å²) in [7, 11) is 1.56. The van der Waals surface area contributed by atoms with Gasteiger partial charge in [-0.25, -0.2) is 4.79 Å². The van der Waals surface area contributed by atoms with Crippen LogP contribution in [0.15, 0.2) is 30.3 Å². The van der Waals surface area contributed by atoms with Crippen LogP contribution in [0, 0.1) is 25.2 Å². The molecule has 0 aliphatic rings. The van der Waals surface area contributed by atoms with E-state index in [4.69, 9.17) is 21.6 Å². The maximum atomic E-state index is 11.9. The summed E-state index contributed by atoms with van der Waals surface area (Å²) in [6.45, 7) is 4.22. The number of hydrogen-bond donors (Lipinski definition) is 0. The van der Waals surface area contributed by atoms with E-state index < -0.39 is 5.97 Å². The summed E-state index contributed by atoms with van der Waals surface area (Å²) in [5, 5.41) is 13.7. The van der Waals surface area contributed by atoms with E-state index in [1.54, 1.807) is 13.1 Å². The van der Waals surface area contributed by atoms with Crippen LogP contribution in [-0.4, -0.2) is 46.8 Å². The third-order valence-electron chi connectivity index (χ3n) is 4.42. The fourth-order valence-electron chi connectivity index (χ4n) is 2.68. The third-order valence-corrected chi connectivity index (χ3v) is 4.79. The normalized spacial score (nSPS) is 10.7. The van der Waals surface area contributed by atoms with Crippen molar-refractivity contribution in [1.82, 2.24) is 14.7 Å². The first-order valence-corrected chi connectivity index (χ1v) is 9.44. The van der Waals surface area contributed by atoms with Gasteiger partial charge < -0.3 is 9.64 Å². The average molecular weight is 415 g/mol. The number of benzene rings is 1. The zero-order valence-corrected chi connectivity index (χ0v) is 17.4. The number of nitrogens with zero attached hydrogens (tertiary/aromatic N) is 4. The molecule has 0 saturated carbocycles. The summed E-state index contributed by atoms with van der Waals surface area (Å²) in [4.78, 5) is 25.1. The molecule has 2 aromatic rings. The molecule has 0 aliphatic carbocycles. The number of amides is 1. The quantitative estimate of drug-likeness (QED) is 0.489. The van der Waals surface area contributed by atoms with Crippen molar-refractivity contribution >= 4 is 29.6 Å². The van der Waals surface area contributed by atoms with Gasteiger partial charge in [-0.3, -0.25) is 9.48 Å². The smallest absolute Gasteiger partial charge is 0.331 e. The van der Waals surface area contributed by atoms with Gasteiger partial charge in [0.25, 0.3) is 5.91 Å². The summed E-state index contributed by atoms with van der Waals surface area (Å²) < 4.78 is 6.81. The molecular formula is C21H23ClN4O3. The van der Waals surface area contributed by atoms with Crippen LogP contribution in [0.2, 0.25) is 5.02 Å². The number of hydrogen-bond acceptors (Lipinski definition) is 5. The molecule has 0 unspecified atom stereocenters. The van der Waals surface area contributed by atoms with Crippen LogP contribution in [0.4, 0.5) is 0 Å². The molecule has 0 saturated heterocycles. The highest BCUT2D eigenvalue weighted by molar-refractivity contribution is 6.31. The molecule has 1 aromatic carbocycles. The molecule has 7 nitrogen and oxygen atoms in total. The van der Waals surface area contributed by atoms with Crippen molar-refractivity contribution in [2.75, 3.05) is 20.2 Å². The molecule has 1 amide bonds. The van der Waals surface area contributed by atoms with E-state index >= 15 is 0 Å². The van der Waals surface area contributed by atoms with Gasteiger partial charge in [-0.1, -0.05) is 29.8 Å². The number of rotatable bonds is 8. The van der Waals surface area contributed by atoms with Gasteiger partial charge in [-0.05, 0) is 31.6 Å². The first kappa shape index (κ1) is 22.2. The molecule has 0 radical (unpaired) electrons. The molecular weight excluding hydrogens is 392 g/mol. The molecule has 29 heavy (non-hydrogen) atoms. The van der Waals surface area contributed by atoms with Crippen LogP contribution in [0.3, 0.4) is 0 Å². The molecule has 0 fully saturated rings. The third kappa shape index (κ3) is 6.19. The van der Waals surface area contributed by atoms with Crippen LogP contribution in [-0.2, 0) is 20.9 Å². The molecule has 0 bridgehead atoms. The van der Waals surface area contributed by atoms with Crippen molar-refractivity contribution in [2.45, 2.75) is 26.8 Å². The molecule has 1 heterocycles. The van der Waals surface area contributed by atoms with E-state index in [-0.39, 0.29) is 18.9 Å². The Balaban J connectivity index is 1.99. The fourth-order valence-corrected chi connectivity index (χ4v) is 2.87. The highest BCUT2D eigenvalue weighted by atomic mass is 35.5. The van der Waals surface area contributed by atoms with Crippen molar-refractivity contribution in [3.8, 4) is 6.07 Å². The predicted octanol–water partition coefficient (Wildman–Crippen LogP) is 3.13. The molecule has 0 N–H and O–H groups in total. The summed E-state index contributed by atoms with van der Waals surface area (Å²) >= 11 is 6.22. The number of ether oxygens (including phenoxy) is 1. The van der Waals surface area contributed by atoms with E-state index in [0.717, 1.165) is 22.5 Å². The molecule has 0 aliphatic heterocycles. The Morgan fingerprint density at radius 3 is 2.76 bits per heavy atom. The number of aromatic nitrogens is 2. The molecule has 152 valence electrons. The molecule has 8 heteroatoms. The Hall–Kier alpha value is -3.11. The summed E-state index contributed by atoms with van der Waals surface area (Å²) in [5.41, 5.74) is 3.42. The van der Waals surface area contributed by atoms with Gasteiger partial charge in [0.2, 0.25) is 0 Å². The standard InChI is InChI=1S/C21H23ClN4O3/c1-15-18(9-10-21(28)29-14-20(27)25(3)12-6-11-23)16(2)26(24-15)13-17-7-4-5-8-19(17)22/h4-5,7-10H,6,12-14H2,1-3H3/b10-9+. The lowest BCUT2D eigenvalue weighted by Crippen LogP contribution is -2.31. The minimum Gasteiger partial charge on any atom is -0.452 e. The number of carbonyl (C=O) groups is 2. The Morgan fingerprint density at radius 1 is 1.34 bits per heavy atom. The first-order valence-electron chi connectivity index (χ1n) is 9.06. The number of esters is 1. The second-order valence-corrected chi connectivity index (χ2v) is 6.91. The molecule has 0 atom stereocenters. The van der Waals surface area contributed by atoms with Gasteiger partial charge in [-0.2, -0.15) is 10.4 Å². The van der Waals surface area contributed by atoms with Crippen molar-refractivity contribution in [3.05, 3.63) is 57.9 Å². The van der Waals surface area contributed by atoms with E-state index in [1.807, 2.05) is 48.9 Å². The van der Waals surface area contributed by atoms with Gasteiger partial charge in [0.15, 0.2) is 6.61 Å². The fraction of sp³-hybridized carbons (Fsp3) is 0.333. The monoisotopic (exact) mass is 414 g/mol. The van der Waals surface area contributed by atoms with Crippen LogP contribution in [0.5, 0.6) is 0 Å². The van der Waals surface area contributed by atoms with E-state index in [0.29, 0.717) is 18.1 Å². The maximum Gasteiger partial charge on any atom is 0.331 e. The largest absolute Gasteiger partial charge is 0.452 e. The van der Waals surface area contributed by atoms with E-state index in [2.05, 4.69) is 5.10 Å². The van der Waals surface area contributed by atoms with Crippen LogP contribution in [0.1, 0.15) is 28.9 Å². The average Bonchev–Trinajstić information content (AvgIpc) is 2.97. The number of aryl methyl sites for hydroxylation is 1. The van der Waals surface area contributed by atoms with Gasteiger partial charge in [0.1, 0.15) is 0 Å². The highest BCUT2D eigenvalue weighted by Gasteiger charge is 2.13. The molecule has 0 spiro atoms. The van der Waals surface area contributed by atoms with Crippen LogP contribution < -0.4 is 0 Å². The second kappa shape index (κ2) is 10.4. The van der Waals surface area contributed by atoms with Crippen molar-refractivity contribution in [2.24, 2.45) is 0 Å². The Kier molecular flexibility index (Phi) is 7.98. The zero-order valence-electron chi connectivity index (χ0n) is 16.7. The van der Waals surface area contributed by atoms with Crippen molar-refractivity contribution < 1.29 is 14.3 Å². The van der Waals surface area contributed by atoms with E-state index in [1.165, 1.54) is 11.0 Å². The van der Waals surface area contributed by atoms with Gasteiger partial charge in [0.05, 0.1) is 24.7 Å². The van der Waals surface area contributed by atoms with Crippen LogP contribution in [0.25, 0.3) is 6.08 Å². The number of nitriles is 1. The lowest BCUT2D eigenvalue weighted by Gasteiger charge is -2.14. The minimum absolute atomic E-state index is 0.229. The van der Waals surface area contributed by atoms with Gasteiger partial charge in [-0.15, -0.1) is 0 Å². The Labute approximate surface area is 175 Å². The van der Waals surface area contributed by atoms with Gasteiger partial charge in [0, 0.05) is 35.9 Å². The molecule has 2 rings (SSSR count). The second-order valence-electron chi connectivity index (χ2n) is 6.50. The first-order chi connectivity index (χ1) is 13.8. The lowest BCUT2D eigenvalue weighted by atomic mass is 10.1. The maximum absolute atomic E-state index is 11.9. The number of likely N-dealkylation sites (N-methyl/N-ethyl adjacent to an activating group) is 1. The lowest BCUT2D eigenvalue weighted by molar-refractivity contribution is -0.147. The van der Waals surface area contributed by atoms with Crippen molar-refractivity contribution in [3.63, 3.8) is 0 Å². The predicted molar refractivity (Wildman–Crippen MR) is 110 cm³/mol. The minimum atomic E-state index is -0.621. The Morgan fingerprint density at radius 2 is 2.07 bits per heavy atom. The van der Waals surface area contributed by atoms with Crippen molar-refractivity contribution in [1.29, 1.82) is 5.26 Å². The number of carbonyl (C=O) groups excluding carboxylic acids is 2. The highest BCUT2D eigenvalue weighted by Crippen LogP contribution is 2.20. The van der Waals surface area contributed by atoms with Crippen LogP contribution >= 0.6 is 11.6 Å². The number of halogens is 1. The summed E-state index contributed by atoms with van der Waals surface area (Å²) in [6.07, 6.45) is 3.14. The topological polar surface area (TPSA) is 88.2 Å². The zero-order chi connectivity index (χ0) is 21.4. The van der Waals surface area contributed by atoms with Gasteiger partial charge >= 0.3 is 5.97 Å². The summed E-state index contributed by atoms with van der Waals surface area (Å²) in [5.74, 6) is -0.980. The molecule has 1 aromatic heterocycles. The SMILES string of the molecule is Cc1nn(Cc2ccccc2Cl)c(C)c1/C=C/C(=O)OCC(=O)N(C)CCC#N. The Bertz CT molecular complexity index is 959. The van der Waals surface area contributed by atoms with E-state index in [9.17, 15) is 9.59 Å².